The van der Waals surface area contributed by atoms with Gasteiger partial charge in [-0.3, -0.25) is 14.7 Å². The summed E-state index contributed by atoms with van der Waals surface area (Å²) in [6.07, 6.45) is 5.97. The summed E-state index contributed by atoms with van der Waals surface area (Å²) in [4.78, 5) is 29.2. The van der Waals surface area contributed by atoms with E-state index in [1.807, 2.05) is 13.8 Å². The van der Waals surface area contributed by atoms with Crippen LogP contribution < -0.4 is 16.0 Å². The number of hydrogen-bond donors (Lipinski definition) is 3. The lowest BCUT2D eigenvalue weighted by molar-refractivity contribution is -0.124. The molecular weight excluding hydrogens is 461 g/mol. The summed E-state index contributed by atoms with van der Waals surface area (Å²) in [5.74, 6) is 0.557. The van der Waals surface area contributed by atoms with Crippen molar-refractivity contribution in [2.45, 2.75) is 46.0 Å². The number of carbonyl (C=O) groups excluding carboxylic acids is 2. The summed E-state index contributed by atoms with van der Waals surface area (Å²) in [5.41, 5.74) is 0.238. The predicted octanol–water partition coefficient (Wildman–Crippen LogP) is 1.70. The second-order valence-electron chi connectivity index (χ2n) is 6.98. The molecule has 3 amide bonds. The number of hydrogen-bond acceptors (Lipinski definition) is 4. The third-order valence-electron chi connectivity index (χ3n) is 5.13. The molecule has 27 heavy (non-hydrogen) atoms. The van der Waals surface area contributed by atoms with E-state index in [1.165, 1.54) is 30.6 Å². The zero-order valence-electron chi connectivity index (χ0n) is 16.5. The monoisotopic (exact) mass is 495 g/mol. The number of guanidine groups is 1. The van der Waals surface area contributed by atoms with Crippen molar-refractivity contribution in [3.63, 3.8) is 0 Å². The van der Waals surface area contributed by atoms with Gasteiger partial charge in [-0.15, -0.1) is 24.0 Å². The van der Waals surface area contributed by atoms with Crippen molar-refractivity contribution >= 4 is 41.9 Å². The molecule has 0 aromatic carbocycles. The number of aliphatic imine (C=N–C) groups is 1. The van der Waals surface area contributed by atoms with Crippen LogP contribution in [0, 0.1) is 5.41 Å². The third-order valence-corrected chi connectivity index (χ3v) is 5.13. The lowest BCUT2D eigenvalue weighted by atomic mass is 9.83. The van der Waals surface area contributed by atoms with Gasteiger partial charge in [0, 0.05) is 39.4 Å². The normalized spacial score (nSPS) is 19.0. The van der Waals surface area contributed by atoms with Gasteiger partial charge in [0.2, 0.25) is 5.91 Å². The highest BCUT2D eigenvalue weighted by molar-refractivity contribution is 14.0. The smallest absolute Gasteiger partial charge is 0.324 e. The summed E-state index contributed by atoms with van der Waals surface area (Å²) in [5, 5.41) is 9.00. The van der Waals surface area contributed by atoms with E-state index < -0.39 is 0 Å². The zero-order chi connectivity index (χ0) is 18.8. The van der Waals surface area contributed by atoms with Crippen LogP contribution in [0.5, 0.6) is 0 Å². The predicted molar refractivity (Wildman–Crippen MR) is 117 cm³/mol. The van der Waals surface area contributed by atoms with Crippen LogP contribution in [0.3, 0.4) is 0 Å². The van der Waals surface area contributed by atoms with Gasteiger partial charge in [0.05, 0.1) is 6.54 Å². The number of nitrogens with one attached hydrogen (secondary N) is 3. The first-order valence-electron chi connectivity index (χ1n) is 9.78. The van der Waals surface area contributed by atoms with E-state index in [9.17, 15) is 9.59 Å². The highest BCUT2D eigenvalue weighted by atomic mass is 127. The number of rotatable bonds is 10. The highest BCUT2D eigenvalue weighted by Gasteiger charge is 2.33. The van der Waals surface area contributed by atoms with Gasteiger partial charge in [-0.25, -0.2) is 4.79 Å². The molecule has 0 atom stereocenters. The molecule has 0 unspecified atom stereocenters. The molecule has 2 aliphatic rings. The Kier molecular flexibility index (Phi) is 11.0. The van der Waals surface area contributed by atoms with Crippen LogP contribution in [-0.4, -0.2) is 68.7 Å². The fourth-order valence-electron chi connectivity index (χ4n) is 3.60. The van der Waals surface area contributed by atoms with Crippen LogP contribution in [0.25, 0.3) is 0 Å². The Morgan fingerprint density at radius 3 is 2.59 bits per heavy atom. The fourth-order valence-corrected chi connectivity index (χ4v) is 3.60. The first-order chi connectivity index (χ1) is 12.6. The standard InChI is InChI=1S/C18H33N5O3.HI/c1-3-19-16(20-10-11-23-15(24)13-21-17(23)25)22-14-18(7-5-6-8-18)9-12-26-4-2;/h3-14H2,1-2H3,(H,21,25)(H2,19,20,22);1H. The van der Waals surface area contributed by atoms with Crippen LogP contribution in [0.1, 0.15) is 46.0 Å². The second kappa shape index (κ2) is 12.4. The van der Waals surface area contributed by atoms with Gasteiger partial charge in [-0.2, -0.15) is 0 Å². The number of halogens is 1. The molecule has 0 radical (unpaired) electrons. The molecule has 9 heteroatoms. The Bertz CT molecular complexity index is 493. The number of carbonyl (C=O) groups is 2. The molecule has 1 aliphatic carbocycles. The molecule has 1 saturated carbocycles. The van der Waals surface area contributed by atoms with E-state index in [4.69, 9.17) is 9.73 Å². The van der Waals surface area contributed by atoms with Crippen LogP contribution in [0.15, 0.2) is 4.99 Å². The van der Waals surface area contributed by atoms with E-state index >= 15 is 0 Å². The van der Waals surface area contributed by atoms with Crippen molar-refractivity contribution in [3.05, 3.63) is 0 Å². The lowest BCUT2D eigenvalue weighted by Gasteiger charge is -2.27. The topological polar surface area (TPSA) is 95.1 Å². The van der Waals surface area contributed by atoms with Gasteiger partial charge in [-0.05, 0) is 38.5 Å². The fraction of sp³-hybridized carbons (Fsp3) is 0.833. The first kappa shape index (κ1) is 23.9. The molecule has 0 spiro atoms. The maximum atomic E-state index is 11.6. The maximum absolute atomic E-state index is 11.6. The largest absolute Gasteiger partial charge is 0.382 e. The number of urea groups is 1. The molecule has 0 aromatic rings. The van der Waals surface area contributed by atoms with Crippen molar-refractivity contribution in [3.8, 4) is 0 Å². The Morgan fingerprint density at radius 2 is 2.00 bits per heavy atom. The highest BCUT2D eigenvalue weighted by Crippen LogP contribution is 2.41. The minimum absolute atomic E-state index is 0. The summed E-state index contributed by atoms with van der Waals surface area (Å²) < 4.78 is 5.56. The van der Waals surface area contributed by atoms with E-state index in [2.05, 4.69) is 16.0 Å². The van der Waals surface area contributed by atoms with Crippen LogP contribution >= 0.6 is 24.0 Å². The van der Waals surface area contributed by atoms with Crippen LogP contribution in [-0.2, 0) is 9.53 Å². The average Bonchev–Trinajstić information content (AvgIpc) is 3.22. The van der Waals surface area contributed by atoms with Gasteiger partial charge in [0.15, 0.2) is 5.96 Å². The summed E-state index contributed by atoms with van der Waals surface area (Å²) in [6, 6.07) is -0.320. The number of amides is 3. The molecule has 1 saturated heterocycles. The number of nitrogens with zero attached hydrogens (tertiary/aromatic N) is 2. The van der Waals surface area contributed by atoms with E-state index in [0.29, 0.717) is 13.1 Å². The third kappa shape index (κ3) is 7.44. The summed E-state index contributed by atoms with van der Waals surface area (Å²) in [7, 11) is 0. The van der Waals surface area contributed by atoms with Crippen molar-refractivity contribution in [2.75, 3.05) is 45.9 Å². The molecule has 1 heterocycles. The lowest BCUT2D eigenvalue weighted by Crippen LogP contribution is -2.43. The molecular formula is C18H34IN5O3. The Labute approximate surface area is 179 Å². The van der Waals surface area contributed by atoms with Crippen molar-refractivity contribution < 1.29 is 14.3 Å². The molecule has 3 N–H and O–H groups in total. The number of ether oxygens (including phenoxy) is 1. The van der Waals surface area contributed by atoms with Gasteiger partial charge in [-0.1, -0.05) is 12.8 Å². The van der Waals surface area contributed by atoms with Gasteiger partial charge >= 0.3 is 6.03 Å². The minimum Gasteiger partial charge on any atom is -0.382 e. The van der Waals surface area contributed by atoms with Crippen molar-refractivity contribution in [1.29, 1.82) is 0 Å². The quantitative estimate of drug-likeness (QED) is 0.141. The molecule has 0 aromatic heterocycles. The first-order valence-corrected chi connectivity index (χ1v) is 9.78. The summed E-state index contributed by atoms with van der Waals surface area (Å²) >= 11 is 0. The van der Waals surface area contributed by atoms with Crippen molar-refractivity contribution in [1.82, 2.24) is 20.9 Å². The molecule has 156 valence electrons. The molecule has 8 nitrogen and oxygen atoms in total. The van der Waals surface area contributed by atoms with Crippen LogP contribution in [0.4, 0.5) is 4.79 Å². The van der Waals surface area contributed by atoms with E-state index in [-0.39, 0.29) is 47.9 Å². The Hall–Kier alpha value is -1.10. The zero-order valence-corrected chi connectivity index (χ0v) is 18.8. The Balaban J connectivity index is 0.00000364. The van der Waals surface area contributed by atoms with E-state index in [1.54, 1.807) is 0 Å². The Morgan fingerprint density at radius 1 is 1.26 bits per heavy atom. The molecule has 2 fully saturated rings. The van der Waals surface area contributed by atoms with Crippen LogP contribution in [0.2, 0.25) is 0 Å². The van der Waals surface area contributed by atoms with E-state index in [0.717, 1.165) is 38.7 Å². The minimum atomic E-state index is -0.320. The SMILES string of the molecule is CCNC(=NCC1(CCOCC)CCCC1)NCCN1C(=O)CNC1=O.I. The summed E-state index contributed by atoms with van der Waals surface area (Å²) in [6.45, 7) is 8.05. The average molecular weight is 495 g/mol. The molecule has 2 rings (SSSR count). The van der Waals surface area contributed by atoms with Crippen molar-refractivity contribution in [2.24, 2.45) is 10.4 Å². The van der Waals surface area contributed by atoms with Gasteiger partial charge < -0.3 is 20.7 Å². The van der Waals surface area contributed by atoms with Gasteiger partial charge in [0.1, 0.15) is 0 Å². The maximum Gasteiger partial charge on any atom is 0.324 e. The second-order valence-corrected chi connectivity index (χ2v) is 6.98. The molecule has 1 aliphatic heterocycles. The molecule has 0 bridgehead atoms. The number of imide groups is 1. The van der Waals surface area contributed by atoms with Gasteiger partial charge in [0.25, 0.3) is 0 Å².